The molecule has 0 radical (unpaired) electrons. The minimum atomic E-state index is 0.540. The maximum Gasteiger partial charge on any atom is 0.240 e. The van der Waals surface area contributed by atoms with E-state index in [1.165, 1.54) is 0 Å². The van der Waals surface area contributed by atoms with Gasteiger partial charge in [-0.2, -0.15) is 9.97 Å². The Hall–Kier alpha value is -2.10. The molecule has 0 saturated carbocycles. The molecule has 1 fully saturated rings. The van der Waals surface area contributed by atoms with E-state index in [2.05, 4.69) is 43.9 Å². The average Bonchev–Trinajstić information content (AvgIpc) is 3.44. The second kappa shape index (κ2) is 9.60. The van der Waals surface area contributed by atoms with Crippen molar-refractivity contribution in [2.45, 2.75) is 39.7 Å². The van der Waals surface area contributed by atoms with Crippen LogP contribution in [-0.2, 0) is 19.4 Å². The van der Waals surface area contributed by atoms with Crippen LogP contribution in [0.4, 0.5) is 0 Å². The zero-order valence-corrected chi connectivity index (χ0v) is 17.9. The van der Waals surface area contributed by atoms with Crippen molar-refractivity contribution >= 4 is 11.3 Å². The van der Waals surface area contributed by atoms with Crippen LogP contribution in [0.3, 0.4) is 0 Å². The molecule has 9 heteroatoms. The number of hydrogen-bond acceptors (Lipinski definition) is 9. The van der Waals surface area contributed by atoms with Crippen molar-refractivity contribution in [3.63, 3.8) is 0 Å². The van der Waals surface area contributed by atoms with E-state index >= 15 is 0 Å². The van der Waals surface area contributed by atoms with Crippen LogP contribution in [0.5, 0.6) is 0 Å². The van der Waals surface area contributed by atoms with E-state index in [0.717, 1.165) is 81.0 Å². The van der Waals surface area contributed by atoms with Gasteiger partial charge in [0, 0.05) is 39.0 Å². The van der Waals surface area contributed by atoms with Gasteiger partial charge in [0.2, 0.25) is 17.6 Å². The molecule has 156 valence electrons. The van der Waals surface area contributed by atoms with E-state index in [-0.39, 0.29) is 0 Å². The van der Waals surface area contributed by atoms with E-state index in [9.17, 15) is 0 Å². The molecule has 4 rings (SSSR count). The van der Waals surface area contributed by atoms with E-state index in [4.69, 9.17) is 9.05 Å². The lowest BCUT2D eigenvalue weighted by molar-refractivity contribution is 0.115. The summed E-state index contributed by atoms with van der Waals surface area (Å²) in [6, 6.07) is 4.01. The van der Waals surface area contributed by atoms with Crippen molar-refractivity contribution in [3.8, 4) is 10.7 Å². The topological polar surface area (TPSA) is 84.3 Å². The largest absolute Gasteiger partial charge is 0.339 e. The van der Waals surface area contributed by atoms with Gasteiger partial charge in [0.15, 0.2) is 5.82 Å². The summed E-state index contributed by atoms with van der Waals surface area (Å²) in [6.45, 7) is 10.3. The Labute approximate surface area is 174 Å². The molecule has 0 N–H and O–H groups in total. The Morgan fingerprint density at radius 2 is 1.83 bits per heavy atom. The first-order valence-corrected chi connectivity index (χ1v) is 11.2. The first kappa shape index (κ1) is 20.2. The predicted octanol–water partition coefficient (Wildman–Crippen LogP) is 3.13. The molecule has 1 aliphatic rings. The lowest BCUT2D eigenvalue weighted by atomic mass is 10.1. The van der Waals surface area contributed by atoms with Gasteiger partial charge in [0.05, 0.1) is 11.4 Å². The second-order valence-electron chi connectivity index (χ2n) is 7.91. The van der Waals surface area contributed by atoms with E-state index in [1.54, 1.807) is 11.3 Å². The molecule has 0 bridgehead atoms. The number of aromatic nitrogens is 4. The lowest BCUT2D eigenvalue weighted by Crippen LogP contribution is -2.46. The van der Waals surface area contributed by atoms with Gasteiger partial charge < -0.3 is 13.9 Å². The van der Waals surface area contributed by atoms with E-state index in [0.29, 0.717) is 11.7 Å². The zero-order valence-electron chi connectivity index (χ0n) is 17.1. The normalized spacial score (nSPS) is 16.1. The molecule has 0 aromatic carbocycles. The minimum absolute atomic E-state index is 0.540. The maximum absolute atomic E-state index is 5.40. The third kappa shape index (κ3) is 5.71. The van der Waals surface area contributed by atoms with Gasteiger partial charge in [-0.05, 0) is 30.3 Å². The Balaban J connectivity index is 1.15. The monoisotopic (exact) mass is 416 g/mol. The summed E-state index contributed by atoms with van der Waals surface area (Å²) in [5.74, 6) is 3.50. The van der Waals surface area contributed by atoms with Crippen molar-refractivity contribution in [2.75, 3.05) is 32.7 Å². The third-order valence-electron chi connectivity index (χ3n) is 5.00. The van der Waals surface area contributed by atoms with Crippen molar-refractivity contribution in [3.05, 3.63) is 35.1 Å². The molecule has 29 heavy (non-hydrogen) atoms. The summed E-state index contributed by atoms with van der Waals surface area (Å²) in [4.78, 5) is 14.9. The molecule has 3 aromatic rings. The maximum atomic E-state index is 5.40. The summed E-state index contributed by atoms with van der Waals surface area (Å²) >= 11 is 1.63. The standard InChI is InChI=1S/C20H28N6O2S/c1-15(2)13-17-21-19(28-23-17)14-26-10-8-25(9-11-26)7-3-6-18-22-20(24-27-18)16-5-4-12-29-16/h4-5,12,15H,3,6-11,13-14H2,1-2H3. The minimum Gasteiger partial charge on any atom is -0.339 e. The van der Waals surface area contributed by atoms with Gasteiger partial charge in [0.25, 0.3) is 0 Å². The zero-order chi connectivity index (χ0) is 20.1. The van der Waals surface area contributed by atoms with Gasteiger partial charge in [-0.1, -0.05) is 30.2 Å². The Morgan fingerprint density at radius 1 is 1.03 bits per heavy atom. The van der Waals surface area contributed by atoms with E-state index < -0.39 is 0 Å². The molecule has 4 heterocycles. The molecule has 0 atom stereocenters. The number of aryl methyl sites for hydroxylation is 1. The molecular formula is C20H28N6O2S. The summed E-state index contributed by atoms with van der Waals surface area (Å²) in [5.41, 5.74) is 0. The highest BCUT2D eigenvalue weighted by Gasteiger charge is 2.19. The quantitative estimate of drug-likeness (QED) is 0.526. The third-order valence-corrected chi connectivity index (χ3v) is 5.87. The fourth-order valence-corrected chi connectivity index (χ4v) is 4.13. The SMILES string of the molecule is CC(C)Cc1noc(CN2CCN(CCCc3nc(-c4cccs4)no3)CC2)n1. The first-order valence-electron chi connectivity index (χ1n) is 10.3. The Bertz CT molecular complexity index is 867. The molecule has 1 saturated heterocycles. The molecule has 0 aliphatic carbocycles. The van der Waals surface area contributed by atoms with Crippen molar-refractivity contribution in [2.24, 2.45) is 5.92 Å². The van der Waals surface area contributed by atoms with Gasteiger partial charge in [0.1, 0.15) is 0 Å². The van der Waals surface area contributed by atoms with Crippen LogP contribution < -0.4 is 0 Å². The van der Waals surface area contributed by atoms with Crippen molar-refractivity contribution in [1.29, 1.82) is 0 Å². The number of thiophene rings is 1. The molecule has 0 unspecified atom stereocenters. The van der Waals surface area contributed by atoms with Crippen LogP contribution in [0.25, 0.3) is 10.7 Å². The van der Waals surface area contributed by atoms with Gasteiger partial charge in [-0.3, -0.25) is 4.90 Å². The molecule has 3 aromatic heterocycles. The Kier molecular flexibility index (Phi) is 6.68. The Morgan fingerprint density at radius 3 is 2.59 bits per heavy atom. The number of hydrogen-bond donors (Lipinski definition) is 0. The summed E-state index contributed by atoms with van der Waals surface area (Å²) in [6.07, 6.45) is 2.71. The van der Waals surface area contributed by atoms with E-state index in [1.807, 2.05) is 17.5 Å². The van der Waals surface area contributed by atoms with Gasteiger partial charge in [-0.25, -0.2) is 0 Å². The first-order chi connectivity index (χ1) is 14.2. The second-order valence-corrected chi connectivity index (χ2v) is 8.86. The predicted molar refractivity (Wildman–Crippen MR) is 110 cm³/mol. The van der Waals surface area contributed by atoms with Crippen LogP contribution in [0.2, 0.25) is 0 Å². The number of piperazine rings is 1. The molecular weight excluding hydrogens is 388 g/mol. The smallest absolute Gasteiger partial charge is 0.240 e. The number of nitrogens with zero attached hydrogens (tertiary/aromatic N) is 6. The molecule has 8 nitrogen and oxygen atoms in total. The summed E-state index contributed by atoms with van der Waals surface area (Å²) in [5, 5.41) is 10.2. The molecule has 1 aliphatic heterocycles. The van der Waals surface area contributed by atoms with Crippen LogP contribution in [0.15, 0.2) is 26.6 Å². The molecule has 0 amide bonds. The fourth-order valence-electron chi connectivity index (χ4n) is 3.48. The van der Waals surface area contributed by atoms with Crippen LogP contribution >= 0.6 is 11.3 Å². The highest BCUT2D eigenvalue weighted by Crippen LogP contribution is 2.21. The summed E-state index contributed by atoms with van der Waals surface area (Å²) < 4.78 is 10.8. The highest BCUT2D eigenvalue weighted by molar-refractivity contribution is 7.13. The fraction of sp³-hybridized carbons (Fsp3) is 0.600. The number of rotatable bonds is 9. The van der Waals surface area contributed by atoms with Crippen LogP contribution in [-0.4, -0.2) is 62.8 Å². The van der Waals surface area contributed by atoms with Gasteiger partial charge >= 0.3 is 0 Å². The average molecular weight is 417 g/mol. The van der Waals surface area contributed by atoms with Crippen molar-refractivity contribution < 1.29 is 9.05 Å². The van der Waals surface area contributed by atoms with Gasteiger partial charge in [-0.15, -0.1) is 11.3 Å². The summed E-state index contributed by atoms with van der Waals surface area (Å²) in [7, 11) is 0. The van der Waals surface area contributed by atoms with Crippen LogP contribution in [0, 0.1) is 5.92 Å². The highest BCUT2D eigenvalue weighted by atomic mass is 32.1. The molecule has 0 spiro atoms. The van der Waals surface area contributed by atoms with Crippen LogP contribution in [0.1, 0.15) is 37.9 Å². The van der Waals surface area contributed by atoms with Crippen molar-refractivity contribution in [1.82, 2.24) is 30.1 Å². The lowest BCUT2D eigenvalue weighted by Gasteiger charge is -2.33.